The monoisotopic (exact) mass is 293 g/mol. The molecular weight excluding hydrogens is 274 g/mol. The summed E-state index contributed by atoms with van der Waals surface area (Å²) in [5.74, 6) is -0.0812. The van der Waals surface area contributed by atoms with E-state index in [0.29, 0.717) is 6.42 Å². The van der Waals surface area contributed by atoms with Crippen molar-refractivity contribution >= 4 is 17.7 Å². The van der Waals surface area contributed by atoms with Crippen LogP contribution in [0, 0.1) is 12.3 Å². The molecule has 0 saturated heterocycles. The van der Waals surface area contributed by atoms with Crippen LogP contribution in [0.25, 0.3) is 6.08 Å². The highest BCUT2D eigenvalue weighted by atomic mass is 16.3. The maximum atomic E-state index is 12.7. The molecule has 0 radical (unpaired) electrons. The molecule has 22 heavy (non-hydrogen) atoms. The topological polar surface area (TPSA) is 49.3 Å². The fraction of sp³-hybridized carbons (Fsp3) is 0.211. The van der Waals surface area contributed by atoms with Gasteiger partial charge in [-0.1, -0.05) is 42.5 Å². The first-order chi connectivity index (χ1) is 10.5. The van der Waals surface area contributed by atoms with E-state index in [-0.39, 0.29) is 11.7 Å². The summed E-state index contributed by atoms with van der Waals surface area (Å²) in [6, 6.07) is 15.5. The number of carbonyl (C=O) groups excluding carboxylic acids is 1. The van der Waals surface area contributed by atoms with Crippen LogP contribution in [-0.4, -0.2) is 11.0 Å². The van der Waals surface area contributed by atoms with Crippen LogP contribution in [0.1, 0.15) is 23.6 Å². The van der Waals surface area contributed by atoms with Gasteiger partial charge in [-0.25, -0.2) is 0 Å². The number of aliphatic hydroxyl groups excluding tert-OH is 1. The van der Waals surface area contributed by atoms with E-state index in [9.17, 15) is 9.90 Å². The number of aryl methyl sites for hydroxylation is 1. The average Bonchev–Trinajstić information content (AvgIpc) is 2.50. The van der Waals surface area contributed by atoms with Crippen molar-refractivity contribution in [3.05, 3.63) is 71.0 Å². The number of para-hydroxylation sites is 1. The van der Waals surface area contributed by atoms with Crippen LogP contribution < -0.4 is 5.32 Å². The molecule has 3 nitrogen and oxygen atoms in total. The summed E-state index contributed by atoms with van der Waals surface area (Å²) in [5.41, 5.74) is 2.87. The van der Waals surface area contributed by atoms with Crippen molar-refractivity contribution in [1.29, 1.82) is 0 Å². The Morgan fingerprint density at radius 3 is 2.59 bits per heavy atom. The first-order valence-corrected chi connectivity index (χ1v) is 7.37. The third kappa shape index (κ3) is 2.39. The lowest BCUT2D eigenvalue weighted by Crippen LogP contribution is -2.39. The van der Waals surface area contributed by atoms with E-state index in [2.05, 4.69) is 5.32 Å². The Morgan fingerprint density at radius 2 is 1.82 bits per heavy atom. The molecule has 0 aromatic heterocycles. The maximum Gasteiger partial charge on any atom is 0.238 e. The fourth-order valence-corrected chi connectivity index (χ4v) is 2.78. The normalized spacial score (nSPS) is 20.0. The molecule has 0 fully saturated rings. The Labute approximate surface area is 130 Å². The number of nitrogens with one attached hydrogen (secondary N) is 1. The molecule has 1 aliphatic carbocycles. The number of anilines is 1. The van der Waals surface area contributed by atoms with Crippen molar-refractivity contribution in [2.45, 2.75) is 20.3 Å². The zero-order valence-electron chi connectivity index (χ0n) is 12.8. The molecule has 2 aromatic carbocycles. The van der Waals surface area contributed by atoms with E-state index in [0.717, 1.165) is 22.4 Å². The smallest absolute Gasteiger partial charge is 0.238 e. The van der Waals surface area contributed by atoms with Crippen LogP contribution in [0.2, 0.25) is 0 Å². The highest BCUT2D eigenvalue weighted by molar-refractivity contribution is 5.98. The molecular formula is C19H19NO2. The van der Waals surface area contributed by atoms with Gasteiger partial charge >= 0.3 is 0 Å². The highest BCUT2D eigenvalue weighted by Gasteiger charge is 2.40. The maximum absolute atomic E-state index is 12.7. The van der Waals surface area contributed by atoms with Crippen LogP contribution in [0.3, 0.4) is 0 Å². The predicted octanol–water partition coefficient (Wildman–Crippen LogP) is 4.10. The standard InChI is InChI=1S/C19H19NO2/c1-13-7-3-6-10-16(13)20-18(22)19(2)12-15-9-5-4-8-14(15)11-17(19)21/h3-11,21H,12H2,1-2H3,(H,20,22). The number of benzene rings is 2. The lowest BCUT2D eigenvalue weighted by atomic mass is 9.75. The summed E-state index contributed by atoms with van der Waals surface area (Å²) >= 11 is 0. The first-order valence-electron chi connectivity index (χ1n) is 7.37. The van der Waals surface area contributed by atoms with Crippen molar-refractivity contribution in [3.63, 3.8) is 0 Å². The van der Waals surface area contributed by atoms with Crippen LogP contribution in [0.15, 0.2) is 54.3 Å². The number of hydrogen-bond donors (Lipinski definition) is 2. The van der Waals surface area contributed by atoms with Gasteiger partial charge in [0.15, 0.2) is 0 Å². The number of rotatable bonds is 2. The molecule has 0 heterocycles. The molecule has 2 N–H and O–H groups in total. The number of fused-ring (bicyclic) bond motifs is 1. The lowest BCUT2D eigenvalue weighted by Gasteiger charge is -2.32. The molecule has 0 aliphatic heterocycles. The molecule has 0 spiro atoms. The highest BCUT2D eigenvalue weighted by Crippen LogP contribution is 2.38. The van der Waals surface area contributed by atoms with Crippen molar-refractivity contribution < 1.29 is 9.90 Å². The molecule has 0 bridgehead atoms. The van der Waals surface area contributed by atoms with Crippen molar-refractivity contribution in [1.82, 2.24) is 0 Å². The zero-order chi connectivity index (χ0) is 15.7. The molecule has 1 amide bonds. The Morgan fingerprint density at radius 1 is 1.14 bits per heavy atom. The predicted molar refractivity (Wildman–Crippen MR) is 88.7 cm³/mol. The number of amides is 1. The van der Waals surface area contributed by atoms with Gasteiger partial charge in [0.05, 0.1) is 0 Å². The number of carbonyl (C=O) groups is 1. The van der Waals surface area contributed by atoms with E-state index < -0.39 is 5.41 Å². The van der Waals surface area contributed by atoms with Gasteiger partial charge in [0, 0.05) is 5.69 Å². The summed E-state index contributed by atoms with van der Waals surface area (Å²) in [7, 11) is 0. The number of hydrogen-bond acceptors (Lipinski definition) is 2. The van der Waals surface area contributed by atoms with Crippen molar-refractivity contribution in [2.24, 2.45) is 5.41 Å². The minimum Gasteiger partial charge on any atom is -0.511 e. The summed E-state index contributed by atoms with van der Waals surface area (Å²) in [5, 5.41) is 13.3. The van der Waals surface area contributed by atoms with E-state index in [1.54, 1.807) is 13.0 Å². The van der Waals surface area contributed by atoms with E-state index in [1.165, 1.54) is 0 Å². The van der Waals surface area contributed by atoms with Gasteiger partial charge in [-0.3, -0.25) is 4.79 Å². The Bertz CT molecular complexity index is 764. The van der Waals surface area contributed by atoms with Crippen LogP contribution >= 0.6 is 0 Å². The van der Waals surface area contributed by atoms with Gasteiger partial charge in [0.25, 0.3) is 0 Å². The summed E-state index contributed by atoms with van der Waals surface area (Å²) < 4.78 is 0. The van der Waals surface area contributed by atoms with E-state index in [4.69, 9.17) is 0 Å². The van der Waals surface area contributed by atoms with E-state index in [1.807, 2.05) is 55.5 Å². The van der Waals surface area contributed by atoms with Crippen molar-refractivity contribution in [3.8, 4) is 0 Å². The summed E-state index contributed by atoms with van der Waals surface area (Å²) in [6.45, 7) is 3.73. The zero-order valence-corrected chi connectivity index (χ0v) is 12.8. The third-order valence-electron chi connectivity index (χ3n) is 4.35. The molecule has 1 unspecified atom stereocenters. The molecule has 3 rings (SSSR count). The van der Waals surface area contributed by atoms with Gasteiger partial charge in [0.2, 0.25) is 5.91 Å². The quantitative estimate of drug-likeness (QED) is 0.876. The Kier molecular flexibility index (Phi) is 3.49. The lowest BCUT2D eigenvalue weighted by molar-refractivity contribution is -0.124. The van der Waals surface area contributed by atoms with Gasteiger partial charge in [-0.05, 0) is 49.1 Å². The molecule has 1 atom stereocenters. The minimum absolute atomic E-state index is 0.109. The average molecular weight is 293 g/mol. The fourth-order valence-electron chi connectivity index (χ4n) is 2.78. The van der Waals surface area contributed by atoms with Crippen LogP contribution in [0.5, 0.6) is 0 Å². The third-order valence-corrected chi connectivity index (χ3v) is 4.35. The van der Waals surface area contributed by atoms with E-state index >= 15 is 0 Å². The van der Waals surface area contributed by atoms with Crippen LogP contribution in [-0.2, 0) is 11.2 Å². The molecule has 3 heteroatoms. The second-order valence-corrected chi connectivity index (χ2v) is 6.01. The number of aliphatic hydroxyl groups is 1. The minimum atomic E-state index is -0.948. The van der Waals surface area contributed by atoms with Crippen LogP contribution in [0.4, 0.5) is 5.69 Å². The van der Waals surface area contributed by atoms with Crippen molar-refractivity contribution in [2.75, 3.05) is 5.32 Å². The molecule has 1 aliphatic rings. The molecule has 0 saturated carbocycles. The van der Waals surface area contributed by atoms with Gasteiger partial charge < -0.3 is 10.4 Å². The van der Waals surface area contributed by atoms with Gasteiger partial charge in [-0.2, -0.15) is 0 Å². The summed E-state index contributed by atoms with van der Waals surface area (Å²) in [4.78, 5) is 12.7. The Balaban J connectivity index is 1.91. The first kappa shape index (κ1) is 14.4. The van der Waals surface area contributed by atoms with Gasteiger partial charge in [0.1, 0.15) is 11.2 Å². The molecule has 112 valence electrons. The Hall–Kier alpha value is -2.55. The molecule has 2 aromatic rings. The largest absolute Gasteiger partial charge is 0.511 e. The summed E-state index contributed by atoms with van der Waals surface area (Å²) in [6.07, 6.45) is 2.18. The second-order valence-electron chi connectivity index (χ2n) is 6.01. The SMILES string of the molecule is Cc1ccccc1NC(=O)C1(C)Cc2ccccc2C=C1O. The second kappa shape index (κ2) is 5.34. The van der Waals surface area contributed by atoms with Gasteiger partial charge in [-0.15, -0.1) is 0 Å².